The Bertz CT molecular complexity index is 999. The number of ether oxygens (including phenoxy) is 1. The maximum absolute atomic E-state index is 11.2. The van der Waals surface area contributed by atoms with Gasteiger partial charge in [-0.05, 0) is 54.1 Å². The Morgan fingerprint density at radius 3 is 2.33 bits per heavy atom. The van der Waals surface area contributed by atoms with E-state index in [-0.39, 0.29) is 17.5 Å². The van der Waals surface area contributed by atoms with Gasteiger partial charge in [0.05, 0.1) is 5.69 Å². The van der Waals surface area contributed by atoms with Crippen LogP contribution in [0.5, 0.6) is 11.6 Å². The highest BCUT2D eigenvalue weighted by Gasteiger charge is 2.22. The lowest BCUT2D eigenvalue weighted by molar-refractivity contribution is -0.144. The number of fused-ring (bicyclic) bond motifs is 1. The van der Waals surface area contributed by atoms with Gasteiger partial charge in [0.2, 0.25) is 5.88 Å². The van der Waals surface area contributed by atoms with Crippen LogP contribution in [-0.4, -0.2) is 27.3 Å². The summed E-state index contributed by atoms with van der Waals surface area (Å²) in [5.74, 6) is -0.775. The summed E-state index contributed by atoms with van der Waals surface area (Å²) in [6.45, 7) is 5.47. The van der Waals surface area contributed by atoms with Crippen molar-refractivity contribution in [1.29, 1.82) is 0 Å². The molecule has 2 aromatic carbocycles. The number of rotatable bonds is 5. The van der Waals surface area contributed by atoms with Crippen LogP contribution in [-0.2, 0) is 4.79 Å². The Labute approximate surface area is 162 Å². The number of aliphatic carboxylic acids is 1. The first-order valence-electron chi connectivity index (χ1n) is 8.60. The molecule has 0 saturated heterocycles. The van der Waals surface area contributed by atoms with Crippen molar-refractivity contribution in [3.63, 3.8) is 0 Å². The minimum absolute atomic E-state index is 0.0523. The van der Waals surface area contributed by atoms with E-state index in [0.717, 1.165) is 22.2 Å². The second-order valence-electron chi connectivity index (χ2n) is 6.67. The fourth-order valence-corrected chi connectivity index (χ4v) is 3.06. The Hall–Kier alpha value is -2.79. The molecule has 5 nitrogen and oxygen atoms in total. The van der Waals surface area contributed by atoms with Crippen molar-refractivity contribution in [3.8, 4) is 22.8 Å². The molecule has 27 heavy (non-hydrogen) atoms. The molecule has 0 aliphatic carbocycles. The molecule has 0 aliphatic rings. The molecule has 0 aliphatic heterocycles. The average Bonchev–Trinajstić information content (AvgIpc) is 2.62. The first-order valence-corrected chi connectivity index (χ1v) is 8.97. The summed E-state index contributed by atoms with van der Waals surface area (Å²) in [6, 6.07) is 12.4. The monoisotopic (exact) mass is 385 g/mol. The summed E-state index contributed by atoms with van der Waals surface area (Å²) in [7, 11) is 0. The van der Waals surface area contributed by atoms with E-state index in [9.17, 15) is 15.0 Å². The number of benzene rings is 2. The molecule has 140 valence electrons. The van der Waals surface area contributed by atoms with E-state index < -0.39 is 12.1 Å². The molecular formula is C21H20ClNO4. The van der Waals surface area contributed by atoms with E-state index in [2.05, 4.69) is 4.98 Å². The van der Waals surface area contributed by atoms with E-state index in [1.165, 1.54) is 13.0 Å². The van der Waals surface area contributed by atoms with Crippen LogP contribution >= 0.6 is 11.6 Å². The zero-order valence-corrected chi connectivity index (χ0v) is 16.0. The van der Waals surface area contributed by atoms with E-state index in [1.54, 1.807) is 12.1 Å². The number of hydrogen-bond acceptors (Lipinski definition) is 4. The van der Waals surface area contributed by atoms with Crippen molar-refractivity contribution in [2.45, 2.75) is 32.8 Å². The molecule has 0 radical (unpaired) electrons. The fourth-order valence-electron chi connectivity index (χ4n) is 2.94. The quantitative estimate of drug-likeness (QED) is 0.628. The van der Waals surface area contributed by atoms with Crippen LogP contribution in [0.15, 0.2) is 42.5 Å². The van der Waals surface area contributed by atoms with Crippen molar-refractivity contribution >= 4 is 28.3 Å². The van der Waals surface area contributed by atoms with Crippen LogP contribution < -0.4 is 4.74 Å². The number of nitrogens with zero attached hydrogens (tertiary/aromatic N) is 1. The van der Waals surface area contributed by atoms with Gasteiger partial charge in [-0.1, -0.05) is 37.6 Å². The molecule has 3 aromatic rings. The van der Waals surface area contributed by atoms with Gasteiger partial charge < -0.3 is 14.9 Å². The van der Waals surface area contributed by atoms with E-state index in [0.29, 0.717) is 10.4 Å². The van der Waals surface area contributed by atoms with Crippen molar-refractivity contribution in [2.24, 2.45) is 0 Å². The molecule has 0 spiro atoms. The number of halogens is 1. The minimum atomic E-state index is -1.09. The molecule has 0 amide bonds. The Morgan fingerprint density at radius 2 is 1.74 bits per heavy atom. The molecule has 1 atom stereocenters. The number of phenolic OH excluding ortho intramolecular Hbond substituents is 1. The molecule has 0 saturated carbocycles. The largest absolute Gasteiger partial charge is 0.508 e. The predicted octanol–water partition coefficient (Wildman–Crippen LogP) is 5.24. The molecular weight excluding hydrogens is 366 g/mol. The van der Waals surface area contributed by atoms with Gasteiger partial charge in [-0.15, -0.1) is 0 Å². The first kappa shape index (κ1) is 19.0. The van der Waals surface area contributed by atoms with Gasteiger partial charge in [0, 0.05) is 16.0 Å². The maximum atomic E-state index is 11.2. The highest BCUT2D eigenvalue weighted by molar-refractivity contribution is 6.30. The summed E-state index contributed by atoms with van der Waals surface area (Å²) in [6.07, 6.45) is -1.07. The van der Waals surface area contributed by atoms with Crippen LogP contribution in [0, 0.1) is 0 Å². The third-order valence-corrected chi connectivity index (χ3v) is 4.55. The maximum Gasteiger partial charge on any atom is 0.344 e. The standard InChI is InChI=1S/C21H20ClNO4/c1-11(2)19-18(13-4-6-14(22)7-5-13)16-9-8-15(24)10-17(16)20(23-19)27-12(3)21(25)26/h4-12,24H,1-3H3,(H,25,26)/t12-/m0/s1. The number of pyridine rings is 1. The second kappa shape index (κ2) is 7.45. The number of carboxylic acids is 1. The predicted molar refractivity (Wildman–Crippen MR) is 106 cm³/mol. The molecule has 0 fully saturated rings. The Morgan fingerprint density at radius 1 is 1.07 bits per heavy atom. The Balaban J connectivity index is 2.33. The summed E-state index contributed by atoms with van der Waals surface area (Å²) < 4.78 is 5.60. The van der Waals surface area contributed by atoms with Crippen molar-refractivity contribution in [1.82, 2.24) is 4.98 Å². The van der Waals surface area contributed by atoms with E-state index in [1.807, 2.05) is 38.1 Å². The molecule has 1 heterocycles. The molecule has 0 unspecified atom stereocenters. The second-order valence-corrected chi connectivity index (χ2v) is 7.10. The lowest BCUT2D eigenvalue weighted by Crippen LogP contribution is -2.23. The molecule has 1 aromatic heterocycles. The summed E-state index contributed by atoms with van der Waals surface area (Å²) in [5, 5.41) is 21.2. The van der Waals surface area contributed by atoms with Gasteiger partial charge in [-0.2, -0.15) is 0 Å². The number of hydrogen-bond donors (Lipinski definition) is 2. The fraction of sp³-hybridized carbons (Fsp3) is 0.238. The molecule has 0 bridgehead atoms. The molecule has 3 rings (SSSR count). The lowest BCUT2D eigenvalue weighted by Gasteiger charge is -2.20. The van der Waals surface area contributed by atoms with Crippen LogP contribution in [0.25, 0.3) is 21.9 Å². The van der Waals surface area contributed by atoms with Crippen LogP contribution in [0.2, 0.25) is 5.02 Å². The smallest absolute Gasteiger partial charge is 0.344 e. The van der Waals surface area contributed by atoms with Gasteiger partial charge in [0.15, 0.2) is 6.10 Å². The summed E-state index contributed by atoms with van der Waals surface area (Å²) in [4.78, 5) is 15.9. The average molecular weight is 386 g/mol. The number of aromatic nitrogens is 1. The topological polar surface area (TPSA) is 79.7 Å². The molecule has 6 heteroatoms. The summed E-state index contributed by atoms with van der Waals surface area (Å²) >= 11 is 6.03. The van der Waals surface area contributed by atoms with Crippen LogP contribution in [0.1, 0.15) is 32.4 Å². The highest BCUT2D eigenvalue weighted by Crippen LogP contribution is 2.40. The van der Waals surface area contributed by atoms with Crippen molar-refractivity contribution in [2.75, 3.05) is 0 Å². The minimum Gasteiger partial charge on any atom is -0.508 e. The molecule has 2 N–H and O–H groups in total. The van der Waals surface area contributed by atoms with Crippen LogP contribution in [0.3, 0.4) is 0 Å². The first-order chi connectivity index (χ1) is 12.8. The van der Waals surface area contributed by atoms with Gasteiger partial charge in [-0.3, -0.25) is 0 Å². The van der Waals surface area contributed by atoms with Gasteiger partial charge in [0.1, 0.15) is 5.75 Å². The van der Waals surface area contributed by atoms with Crippen molar-refractivity contribution < 1.29 is 19.7 Å². The van der Waals surface area contributed by atoms with E-state index in [4.69, 9.17) is 16.3 Å². The van der Waals surface area contributed by atoms with E-state index >= 15 is 0 Å². The highest BCUT2D eigenvalue weighted by atomic mass is 35.5. The lowest BCUT2D eigenvalue weighted by atomic mass is 9.92. The van der Waals surface area contributed by atoms with Gasteiger partial charge >= 0.3 is 5.97 Å². The number of carbonyl (C=O) groups is 1. The zero-order chi connectivity index (χ0) is 19.7. The number of aromatic hydroxyl groups is 1. The van der Waals surface area contributed by atoms with Gasteiger partial charge in [0.25, 0.3) is 0 Å². The Kier molecular flexibility index (Phi) is 5.24. The van der Waals surface area contributed by atoms with Gasteiger partial charge in [-0.25, -0.2) is 9.78 Å². The third-order valence-electron chi connectivity index (χ3n) is 4.30. The third kappa shape index (κ3) is 3.83. The zero-order valence-electron chi connectivity index (χ0n) is 15.2. The SMILES string of the molecule is CC(C)c1nc(O[C@@H](C)C(=O)O)c2cc(O)ccc2c1-c1ccc(Cl)cc1. The number of phenols is 1. The normalized spacial score (nSPS) is 12.3. The summed E-state index contributed by atoms with van der Waals surface area (Å²) in [5.41, 5.74) is 2.62. The van der Waals surface area contributed by atoms with Crippen LogP contribution in [0.4, 0.5) is 0 Å². The number of carboxylic acid groups (broad SMARTS) is 1. The van der Waals surface area contributed by atoms with Crippen molar-refractivity contribution in [3.05, 3.63) is 53.2 Å².